The molecule has 0 aliphatic carbocycles. The Hall–Kier alpha value is -0.914. The van der Waals surface area contributed by atoms with Crippen molar-refractivity contribution >= 4 is 0 Å². The second-order valence-electron chi connectivity index (χ2n) is 6.41. The van der Waals surface area contributed by atoms with Gasteiger partial charge in [-0.2, -0.15) is 18.2 Å². The predicted octanol–water partition coefficient (Wildman–Crippen LogP) is 1.47. The molecule has 2 aromatic carbocycles. The van der Waals surface area contributed by atoms with Gasteiger partial charge < -0.3 is 9.79 Å². The monoisotopic (exact) mass is 345 g/mol. The molecular weight excluding hydrogens is 323 g/mol. The van der Waals surface area contributed by atoms with Gasteiger partial charge in [0.15, 0.2) is 0 Å². The first-order chi connectivity index (χ1) is 10.9. The maximum absolute atomic E-state index is 8.61. The third-order valence-electron chi connectivity index (χ3n) is 3.28. The van der Waals surface area contributed by atoms with E-state index in [1.165, 1.54) is 5.56 Å². The van der Waals surface area contributed by atoms with Crippen LogP contribution in [0.25, 0.3) is 5.69 Å². The van der Waals surface area contributed by atoms with Gasteiger partial charge in [-0.25, -0.2) is 0 Å². The molecule has 0 atom stereocenters. The van der Waals surface area contributed by atoms with Gasteiger partial charge in [0.25, 0.3) is 0 Å². The first kappa shape index (κ1) is 21.1. The van der Waals surface area contributed by atoms with Crippen LogP contribution in [0.5, 0.6) is 5.75 Å². The normalized spacial score (nSPS) is 10.3. The Morgan fingerprint density at radius 3 is 2.00 bits per heavy atom. The fourth-order valence-electron chi connectivity index (χ4n) is 1.85. The summed E-state index contributed by atoms with van der Waals surface area (Å²) in [5, 5.41) is 13.2. The average Bonchev–Trinajstić information content (AvgIpc) is 2.99. The Bertz CT molecular complexity index is 728. The van der Waals surface area contributed by atoms with Crippen molar-refractivity contribution < 1.29 is 56.5 Å². The second kappa shape index (κ2) is 9.54. The molecule has 4 heteroatoms. The Morgan fingerprint density at radius 1 is 1.00 bits per heavy atom. The van der Waals surface area contributed by atoms with Gasteiger partial charge in [0, 0.05) is 5.75 Å². The van der Waals surface area contributed by atoms with Gasteiger partial charge in [-0.15, -0.1) is 18.2 Å². The minimum absolute atomic E-state index is 0. The topological polar surface area (TPSA) is 38.0 Å². The largest absolute Gasteiger partial charge is 1.00 e. The number of nitrogens with zero attached hydrogens (tertiary/aromatic N) is 2. The summed E-state index contributed by atoms with van der Waals surface area (Å²) in [6.45, 7) is 8.55. The van der Waals surface area contributed by atoms with Gasteiger partial charge in [-0.3, -0.25) is 5.10 Å². The van der Waals surface area contributed by atoms with Gasteiger partial charge in [-0.1, -0.05) is 56.8 Å². The van der Waals surface area contributed by atoms with E-state index in [2.05, 4.69) is 69.3 Å². The van der Waals surface area contributed by atoms with Crippen LogP contribution in [0.1, 0.15) is 32.0 Å². The quantitative estimate of drug-likeness (QED) is 0.536. The van der Waals surface area contributed by atoms with Crippen LogP contribution in [0.4, 0.5) is 0 Å². The first-order valence-corrected chi connectivity index (χ1v) is 7.56. The maximum Gasteiger partial charge on any atom is 1.00 e. The van der Waals surface area contributed by atoms with Crippen molar-refractivity contribution in [3.63, 3.8) is 0 Å². The zero-order valence-electron chi connectivity index (χ0n) is 15.0. The smallest absolute Gasteiger partial charge is 0.533 e. The molecule has 0 radical (unpaired) electrons. The van der Waals surface area contributed by atoms with Crippen molar-refractivity contribution in [2.24, 2.45) is 0 Å². The number of aromatic hydroxyl groups is 1. The van der Waals surface area contributed by atoms with Crippen molar-refractivity contribution in [3.8, 4) is 11.4 Å². The fourth-order valence-corrected chi connectivity index (χ4v) is 1.85. The van der Waals surface area contributed by atoms with Crippen molar-refractivity contribution in [1.82, 2.24) is 9.78 Å². The summed E-state index contributed by atoms with van der Waals surface area (Å²) in [7, 11) is 0. The third kappa shape index (κ3) is 6.53. The van der Waals surface area contributed by atoms with Gasteiger partial charge in [-0.05, 0) is 23.7 Å². The molecule has 1 N–H and O–H groups in total. The van der Waals surface area contributed by atoms with E-state index in [1.54, 1.807) is 28.9 Å². The van der Waals surface area contributed by atoms with Crippen molar-refractivity contribution in [1.29, 1.82) is 0 Å². The van der Waals surface area contributed by atoms with E-state index in [9.17, 15) is 0 Å². The number of phenolic OH excluding ortho intramolecular Hbond substituents is 1. The Kier molecular flexibility index (Phi) is 8.40. The molecule has 0 amide bonds. The van der Waals surface area contributed by atoms with Crippen LogP contribution in [-0.2, 0) is 5.41 Å². The van der Waals surface area contributed by atoms with Crippen LogP contribution in [0, 0.1) is 19.2 Å². The first-order valence-electron chi connectivity index (χ1n) is 7.56. The van der Waals surface area contributed by atoms with E-state index in [4.69, 9.17) is 5.11 Å². The number of aryl methyl sites for hydroxylation is 1. The van der Waals surface area contributed by atoms with Crippen molar-refractivity contribution in [3.05, 3.63) is 78.1 Å². The Labute approximate surface area is 187 Å². The van der Waals surface area contributed by atoms with E-state index < -0.39 is 0 Å². The molecule has 3 aromatic rings. The standard InChI is InChI=1S/C14H17N2.C6H5O.K/c1-11-5-7-12(8-6-11)16-10-9-13(15-16)14(2,3)4;7-6-4-2-1-3-5-6;/h5-9H,1-4H3;2-5,7H;/q2*-1;+1. The zero-order valence-corrected chi connectivity index (χ0v) is 18.2. The van der Waals surface area contributed by atoms with E-state index in [0.717, 1.165) is 11.4 Å². The molecule has 0 aliphatic heterocycles. The Balaban J connectivity index is 0.000000304. The molecule has 0 saturated carbocycles. The summed E-state index contributed by atoms with van der Waals surface area (Å²) >= 11 is 0. The van der Waals surface area contributed by atoms with Crippen molar-refractivity contribution in [2.75, 3.05) is 0 Å². The van der Waals surface area contributed by atoms with E-state index >= 15 is 0 Å². The molecule has 0 fully saturated rings. The van der Waals surface area contributed by atoms with Crippen LogP contribution in [0.3, 0.4) is 0 Å². The van der Waals surface area contributed by atoms with Crippen LogP contribution >= 0.6 is 0 Å². The third-order valence-corrected chi connectivity index (χ3v) is 3.28. The number of rotatable bonds is 1. The molecule has 120 valence electrons. The molecule has 0 unspecified atom stereocenters. The van der Waals surface area contributed by atoms with Crippen LogP contribution < -0.4 is 51.4 Å². The maximum atomic E-state index is 8.61. The van der Waals surface area contributed by atoms with Crippen LogP contribution in [-0.4, -0.2) is 14.9 Å². The molecule has 1 aromatic heterocycles. The van der Waals surface area contributed by atoms with E-state index in [1.807, 2.05) is 6.07 Å². The number of phenols is 1. The van der Waals surface area contributed by atoms with Crippen LogP contribution in [0.2, 0.25) is 0 Å². The van der Waals surface area contributed by atoms with Gasteiger partial charge in [0.1, 0.15) is 0 Å². The minimum atomic E-state index is 0. The summed E-state index contributed by atoms with van der Waals surface area (Å²) in [5.41, 5.74) is 3.45. The molecule has 0 saturated heterocycles. The molecule has 24 heavy (non-hydrogen) atoms. The average molecular weight is 346 g/mol. The number of aromatic nitrogens is 2. The van der Waals surface area contributed by atoms with E-state index in [0.29, 0.717) is 5.75 Å². The zero-order chi connectivity index (χ0) is 16.9. The van der Waals surface area contributed by atoms with Gasteiger partial charge in [0.05, 0.1) is 0 Å². The molecule has 0 bridgehead atoms. The summed E-state index contributed by atoms with van der Waals surface area (Å²) in [5.74, 6) is 0.291. The van der Waals surface area contributed by atoms with Crippen molar-refractivity contribution in [2.45, 2.75) is 33.1 Å². The molecule has 1 heterocycles. The van der Waals surface area contributed by atoms with Crippen LogP contribution in [0.15, 0.2) is 54.6 Å². The SMILES string of the molecule is Cc1ccc(-n2[c-]cc(C(C)(C)C)n2)cc1.Oc1cc[c-]cc1.[K+]. The number of benzene rings is 2. The summed E-state index contributed by atoms with van der Waals surface area (Å²) in [4.78, 5) is 0. The number of hydrogen-bond donors (Lipinski definition) is 1. The predicted molar refractivity (Wildman–Crippen MR) is 92.8 cm³/mol. The van der Waals surface area contributed by atoms with Gasteiger partial charge >= 0.3 is 51.4 Å². The summed E-state index contributed by atoms with van der Waals surface area (Å²) < 4.78 is 1.81. The van der Waals surface area contributed by atoms with Gasteiger partial charge in [0.2, 0.25) is 0 Å². The van der Waals surface area contributed by atoms with E-state index in [-0.39, 0.29) is 56.8 Å². The summed E-state index contributed by atoms with van der Waals surface area (Å²) in [6.07, 6.45) is 3.15. The molecule has 3 nitrogen and oxygen atoms in total. The molecular formula is C20H22KN2O-. The minimum Gasteiger partial charge on any atom is -0.533 e. The Morgan fingerprint density at radius 2 is 1.58 bits per heavy atom. The fraction of sp³-hybridized carbons (Fsp3) is 0.250. The second-order valence-corrected chi connectivity index (χ2v) is 6.41. The summed E-state index contributed by atoms with van der Waals surface area (Å²) in [6, 6.07) is 19.5. The number of hydrogen-bond acceptors (Lipinski definition) is 2. The molecule has 0 spiro atoms. The molecule has 0 aliphatic rings. The molecule has 3 rings (SSSR count).